The van der Waals surface area contributed by atoms with E-state index in [4.69, 9.17) is 0 Å². The van der Waals surface area contributed by atoms with E-state index in [2.05, 4.69) is 20.4 Å². The third kappa shape index (κ3) is 1.88. The van der Waals surface area contributed by atoms with Gasteiger partial charge in [-0.3, -0.25) is 0 Å². The number of anilines is 1. The third-order valence-electron chi connectivity index (χ3n) is 2.31. The minimum absolute atomic E-state index is 0.731. The summed E-state index contributed by atoms with van der Waals surface area (Å²) >= 11 is 0. The van der Waals surface area contributed by atoms with Gasteiger partial charge in [-0.05, 0) is 26.8 Å². The van der Waals surface area contributed by atoms with Crippen LogP contribution in [0.4, 0.5) is 5.82 Å². The van der Waals surface area contributed by atoms with Gasteiger partial charge in [0.2, 0.25) is 0 Å². The molecule has 0 aliphatic heterocycles. The maximum Gasteiger partial charge on any atom is 0.159 e. The van der Waals surface area contributed by atoms with Crippen LogP contribution < -0.4 is 5.32 Å². The van der Waals surface area contributed by atoms with Gasteiger partial charge in [-0.1, -0.05) is 0 Å². The molecular formula is C11H15N5. The Hall–Kier alpha value is -1.91. The lowest BCUT2D eigenvalue weighted by Gasteiger charge is -2.06. The Bertz CT molecular complexity index is 515. The SMILES string of the molecule is CNc1cc(-n2nc(C)cc2C)nc(C)n1. The molecule has 2 heterocycles. The minimum Gasteiger partial charge on any atom is -0.373 e. The van der Waals surface area contributed by atoms with E-state index >= 15 is 0 Å². The van der Waals surface area contributed by atoms with Crippen molar-refractivity contribution in [2.75, 3.05) is 12.4 Å². The van der Waals surface area contributed by atoms with Gasteiger partial charge in [0, 0.05) is 18.8 Å². The van der Waals surface area contributed by atoms with E-state index in [0.717, 1.165) is 28.8 Å². The number of nitrogens with zero attached hydrogens (tertiary/aromatic N) is 4. The summed E-state index contributed by atoms with van der Waals surface area (Å²) in [4.78, 5) is 8.63. The molecule has 2 rings (SSSR count). The monoisotopic (exact) mass is 217 g/mol. The molecule has 0 bridgehead atoms. The second-order valence-electron chi connectivity index (χ2n) is 3.75. The fourth-order valence-electron chi connectivity index (χ4n) is 1.65. The van der Waals surface area contributed by atoms with Crippen LogP contribution in [0, 0.1) is 20.8 Å². The van der Waals surface area contributed by atoms with Crippen LogP contribution in [0.1, 0.15) is 17.2 Å². The fourth-order valence-corrected chi connectivity index (χ4v) is 1.65. The summed E-state index contributed by atoms with van der Waals surface area (Å²) in [7, 11) is 1.84. The average molecular weight is 217 g/mol. The van der Waals surface area contributed by atoms with Crippen LogP contribution in [-0.2, 0) is 0 Å². The van der Waals surface area contributed by atoms with Crippen molar-refractivity contribution in [2.45, 2.75) is 20.8 Å². The molecule has 16 heavy (non-hydrogen) atoms. The van der Waals surface area contributed by atoms with E-state index in [1.165, 1.54) is 0 Å². The predicted molar refractivity (Wildman–Crippen MR) is 62.9 cm³/mol. The molecule has 2 aromatic heterocycles. The van der Waals surface area contributed by atoms with E-state index < -0.39 is 0 Å². The zero-order chi connectivity index (χ0) is 11.7. The molecule has 5 nitrogen and oxygen atoms in total. The molecule has 5 heteroatoms. The summed E-state index contributed by atoms with van der Waals surface area (Å²) in [6.07, 6.45) is 0. The molecule has 0 aromatic carbocycles. The standard InChI is InChI=1S/C11H15N5/c1-7-5-8(2)16(15-7)11-6-10(12-4)13-9(3)14-11/h5-6H,1-4H3,(H,12,13,14). The van der Waals surface area contributed by atoms with Gasteiger partial charge in [0.05, 0.1) is 5.69 Å². The zero-order valence-electron chi connectivity index (χ0n) is 9.94. The van der Waals surface area contributed by atoms with Crippen molar-refractivity contribution >= 4 is 5.82 Å². The molecule has 0 saturated heterocycles. The van der Waals surface area contributed by atoms with Crippen molar-refractivity contribution in [1.82, 2.24) is 19.7 Å². The largest absolute Gasteiger partial charge is 0.373 e. The molecule has 1 N–H and O–H groups in total. The second kappa shape index (κ2) is 3.92. The van der Waals surface area contributed by atoms with Crippen molar-refractivity contribution < 1.29 is 0 Å². The third-order valence-corrected chi connectivity index (χ3v) is 2.31. The lowest BCUT2D eigenvalue weighted by molar-refractivity contribution is 0.793. The Kier molecular flexibility index (Phi) is 2.60. The maximum atomic E-state index is 4.40. The van der Waals surface area contributed by atoms with Gasteiger partial charge in [0.15, 0.2) is 5.82 Å². The summed E-state index contributed by atoms with van der Waals surface area (Å²) < 4.78 is 1.82. The average Bonchev–Trinajstić information content (AvgIpc) is 2.57. The quantitative estimate of drug-likeness (QED) is 0.830. The van der Waals surface area contributed by atoms with Crippen molar-refractivity contribution in [1.29, 1.82) is 0 Å². The van der Waals surface area contributed by atoms with Crippen molar-refractivity contribution in [3.63, 3.8) is 0 Å². The molecule has 0 spiro atoms. The van der Waals surface area contributed by atoms with Gasteiger partial charge in [0.25, 0.3) is 0 Å². The highest BCUT2D eigenvalue weighted by atomic mass is 15.3. The van der Waals surface area contributed by atoms with Gasteiger partial charge >= 0.3 is 0 Å². The van der Waals surface area contributed by atoms with E-state index in [1.54, 1.807) is 0 Å². The molecule has 0 aliphatic carbocycles. The zero-order valence-corrected chi connectivity index (χ0v) is 9.94. The van der Waals surface area contributed by atoms with Crippen molar-refractivity contribution in [2.24, 2.45) is 0 Å². The van der Waals surface area contributed by atoms with E-state index in [9.17, 15) is 0 Å². The normalized spacial score (nSPS) is 10.5. The molecule has 84 valence electrons. The molecule has 0 aliphatic rings. The summed E-state index contributed by atoms with van der Waals surface area (Å²) in [6.45, 7) is 5.85. The van der Waals surface area contributed by atoms with Gasteiger partial charge < -0.3 is 5.32 Å². The van der Waals surface area contributed by atoms with Crippen LogP contribution in [-0.4, -0.2) is 26.8 Å². The molecule has 2 aromatic rings. The Labute approximate surface area is 94.5 Å². The second-order valence-corrected chi connectivity index (χ2v) is 3.75. The number of aromatic nitrogens is 4. The number of nitrogens with one attached hydrogen (secondary N) is 1. The van der Waals surface area contributed by atoms with E-state index in [0.29, 0.717) is 0 Å². The molecular weight excluding hydrogens is 202 g/mol. The molecule has 0 amide bonds. The van der Waals surface area contributed by atoms with Gasteiger partial charge in [-0.15, -0.1) is 0 Å². The summed E-state index contributed by atoms with van der Waals surface area (Å²) in [5, 5.41) is 7.41. The maximum absolute atomic E-state index is 4.40. The number of rotatable bonds is 2. The summed E-state index contributed by atoms with van der Waals surface area (Å²) in [6, 6.07) is 3.91. The van der Waals surface area contributed by atoms with Gasteiger partial charge in [0.1, 0.15) is 11.6 Å². The van der Waals surface area contributed by atoms with Crippen LogP contribution in [0.25, 0.3) is 5.82 Å². The Morgan fingerprint density at radius 3 is 2.44 bits per heavy atom. The first kappa shape index (κ1) is 10.6. The molecule has 0 saturated carbocycles. The Morgan fingerprint density at radius 1 is 1.12 bits per heavy atom. The highest BCUT2D eigenvalue weighted by Gasteiger charge is 2.07. The summed E-state index contributed by atoms with van der Waals surface area (Å²) in [5.74, 6) is 2.33. The lowest BCUT2D eigenvalue weighted by atomic mass is 10.4. The fraction of sp³-hybridized carbons (Fsp3) is 0.364. The van der Waals surface area contributed by atoms with Gasteiger partial charge in [-0.25, -0.2) is 14.6 Å². The van der Waals surface area contributed by atoms with Gasteiger partial charge in [-0.2, -0.15) is 5.10 Å². The predicted octanol–water partition coefficient (Wildman–Crippen LogP) is 1.63. The first-order chi connectivity index (χ1) is 7.60. The molecule has 0 unspecified atom stereocenters. The number of hydrogen-bond donors (Lipinski definition) is 1. The number of hydrogen-bond acceptors (Lipinski definition) is 4. The van der Waals surface area contributed by atoms with Crippen LogP contribution in [0.15, 0.2) is 12.1 Å². The van der Waals surface area contributed by atoms with Crippen molar-refractivity contribution in [3.05, 3.63) is 29.3 Å². The lowest BCUT2D eigenvalue weighted by Crippen LogP contribution is -2.06. The first-order valence-electron chi connectivity index (χ1n) is 5.17. The topological polar surface area (TPSA) is 55.6 Å². The summed E-state index contributed by atoms with van der Waals surface area (Å²) in [5.41, 5.74) is 2.05. The van der Waals surface area contributed by atoms with E-state index in [1.807, 2.05) is 44.6 Å². The molecule has 0 radical (unpaired) electrons. The first-order valence-corrected chi connectivity index (χ1v) is 5.17. The smallest absolute Gasteiger partial charge is 0.159 e. The highest BCUT2D eigenvalue weighted by molar-refractivity contribution is 5.41. The highest BCUT2D eigenvalue weighted by Crippen LogP contribution is 2.13. The minimum atomic E-state index is 0.731. The van der Waals surface area contributed by atoms with Crippen LogP contribution in [0.5, 0.6) is 0 Å². The molecule has 0 atom stereocenters. The van der Waals surface area contributed by atoms with Crippen LogP contribution >= 0.6 is 0 Å². The Morgan fingerprint density at radius 2 is 1.88 bits per heavy atom. The molecule has 0 fully saturated rings. The number of aryl methyl sites for hydroxylation is 3. The van der Waals surface area contributed by atoms with Crippen LogP contribution in [0.3, 0.4) is 0 Å². The van der Waals surface area contributed by atoms with Crippen LogP contribution in [0.2, 0.25) is 0 Å². The van der Waals surface area contributed by atoms with E-state index in [-0.39, 0.29) is 0 Å². The van der Waals surface area contributed by atoms with Crippen molar-refractivity contribution in [3.8, 4) is 5.82 Å². The Balaban J connectivity index is 2.55.